The van der Waals surface area contributed by atoms with E-state index >= 15 is 0 Å². The largest absolute Gasteiger partial charge is 0.445 e. The van der Waals surface area contributed by atoms with Gasteiger partial charge in [-0.2, -0.15) is 0 Å². The highest BCUT2D eigenvalue weighted by Crippen LogP contribution is 2.31. The van der Waals surface area contributed by atoms with Gasteiger partial charge in [-0.3, -0.25) is 0 Å². The van der Waals surface area contributed by atoms with E-state index in [0.717, 1.165) is 35.3 Å². The lowest BCUT2D eigenvalue weighted by molar-refractivity contribution is 0.0172. The quantitative estimate of drug-likeness (QED) is 0.516. The van der Waals surface area contributed by atoms with Crippen LogP contribution in [0, 0.1) is 0 Å². The Hall–Kier alpha value is -3.55. The van der Waals surface area contributed by atoms with Gasteiger partial charge >= 0.3 is 12.2 Å². The minimum absolute atomic E-state index is 0.0169. The second-order valence-electron chi connectivity index (χ2n) is 9.98. The number of para-hydroxylation sites is 2. The molecule has 0 bridgehead atoms. The summed E-state index contributed by atoms with van der Waals surface area (Å²) in [5.41, 5.74) is 2.20. The third-order valence-electron chi connectivity index (χ3n) is 5.97. The van der Waals surface area contributed by atoms with Crippen molar-refractivity contribution in [3.63, 3.8) is 0 Å². The number of hydrogen-bond acceptors (Lipinski definition) is 5. The molecule has 2 aromatic carbocycles. The molecule has 0 aliphatic carbocycles. The molecule has 186 valence electrons. The van der Waals surface area contributed by atoms with E-state index in [4.69, 9.17) is 14.5 Å². The fourth-order valence-corrected chi connectivity index (χ4v) is 4.42. The van der Waals surface area contributed by atoms with Crippen LogP contribution in [0.25, 0.3) is 11.0 Å². The third-order valence-corrected chi connectivity index (χ3v) is 5.97. The molecule has 8 heteroatoms. The fraction of sp³-hybridized carbons (Fsp3) is 0.444. The molecule has 0 saturated carbocycles. The second kappa shape index (κ2) is 10.4. The first-order valence-corrected chi connectivity index (χ1v) is 12.1. The van der Waals surface area contributed by atoms with E-state index in [1.165, 1.54) is 0 Å². The normalized spacial score (nSPS) is 17.1. The summed E-state index contributed by atoms with van der Waals surface area (Å²) in [4.78, 5) is 31.9. The molecule has 35 heavy (non-hydrogen) atoms. The van der Waals surface area contributed by atoms with Gasteiger partial charge in [0.25, 0.3) is 0 Å². The van der Waals surface area contributed by atoms with Gasteiger partial charge in [0.1, 0.15) is 18.0 Å². The maximum Gasteiger partial charge on any atom is 0.410 e. The number of nitrogens with one attached hydrogen (secondary N) is 1. The first kappa shape index (κ1) is 24.6. The van der Waals surface area contributed by atoms with Crippen LogP contribution in [0.5, 0.6) is 0 Å². The fourth-order valence-electron chi connectivity index (χ4n) is 4.42. The molecule has 1 aliphatic rings. The summed E-state index contributed by atoms with van der Waals surface area (Å²) in [5.74, 6) is 0.735. The summed E-state index contributed by atoms with van der Waals surface area (Å²) in [6.07, 6.45) is 0.956. The van der Waals surface area contributed by atoms with Gasteiger partial charge in [0.05, 0.1) is 23.1 Å². The first-order valence-electron chi connectivity index (χ1n) is 12.1. The molecule has 1 fully saturated rings. The number of benzene rings is 2. The van der Waals surface area contributed by atoms with Gasteiger partial charge in [-0.1, -0.05) is 42.5 Å². The Labute approximate surface area is 206 Å². The van der Waals surface area contributed by atoms with Crippen LogP contribution in [0.2, 0.25) is 0 Å². The van der Waals surface area contributed by atoms with E-state index in [2.05, 4.69) is 9.88 Å². The van der Waals surface area contributed by atoms with Crippen molar-refractivity contribution in [2.45, 2.75) is 64.8 Å². The number of imidazole rings is 1. The Morgan fingerprint density at radius 1 is 1.11 bits per heavy atom. The van der Waals surface area contributed by atoms with Crippen molar-refractivity contribution < 1.29 is 19.1 Å². The van der Waals surface area contributed by atoms with E-state index in [-0.39, 0.29) is 24.8 Å². The zero-order valence-electron chi connectivity index (χ0n) is 20.9. The number of amides is 2. The second-order valence-corrected chi connectivity index (χ2v) is 9.98. The van der Waals surface area contributed by atoms with Crippen molar-refractivity contribution >= 4 is 23.2 Å². The number of hydrogen-bond donors (Lipinski definition) is 1. The molecule has 1 N–H and O–H groups in total. The van der Waals surface area contributed by atoms with Crippen molar-refractivity contribution in [3.8, 4) is 0 Å². The molecule has 2 heterocycles. The monoisotopic (exact) mass is 478 g/mol. The summed E-state index contributed by atoms with van der Waals surface area (Å²) in [6.45, 7) is 8.90. The predicted octanol–water partition coefficient (Wildman–Crippen LogP) is 5.60. The molecule has 0 radical (unpaired) electrons. The smallest absolute Gasteiger partial charge is 0.410 e. The number of fused-ring (bicyclic) bond motifs is 1. The predicted molar refractivity (Wildman–Crippen MR) is 134 cm³/mol. The Morgan fingerprint density at radius 2 is 1.83 bits per heavy atom. The Bertz CT molecular complexity index is 1170. The van der Waals surface area contributed by atoms with E-state index in [1.54, 1.807) is 4.90 Å². The molecule has 1 aliphatic heterocycles. The number of carbonyl (C=O) groups is 2. The lowest BCUT2D eigenvalue weighted by atomic mass is 10.0. The summed E-state index contributed by atoms with van der Waals surface area (Å²) >= 11 is 0. The third kappa shape index (κ3) is 6.12. The SMILES string of the molecule is CC(NC(=O)OCc1ccccc1)c1nc2ccccc2n1C1CCCN(C(=O)OC(C)(C)C)C1. The van der Waals surface area contributed by atoms with Crippen molar-refractivity contribution in [2.24, 2.45) is 0 Å². The van der Waals surface area contributed by atoms with Gasteiger partial charge in [-0.05, 0) is 58.2 Å². The van der Waals surface area contributed by atoms with E-state index in [0.29, 0.717) is 13.1 Å². The minimum Gasteiger partial charge on any atom is -0.445 e. The summed E-state index contributed by atoms with van der Waals surface area (Å²) < 4.78 is 13.2. The van der Waals surface area contributed by atoms with Gasteiger partial charge in [-0.15, -0.1) is 0 Å². The molecule has 2 amide bonds. The highest BCUT2D eigenvalue weighted by Gasteiger charge is 2.31. The number of ether oxygens (including phenoxy) is 2. The van der Waals surface area contributed by atoms with Gasteiger partial charge in [0, 0.05) is 13.1 Å². The highest BCUT2D eigenvalue weighted by atomic mass is 16.6. The maximum atomic E-state index is 12.8. The number of aromatic nitrogens is 2. The summed E-state index contributed by atoms with van der Waals surface area (Å²) in [6, 6.07) is 17.1. The van der Waals surface area contributed by atoms with Crippen LogP contribution >= 0.6 is 0 Å². The highest BCUT2D eigenvalue weighted by molar-refractivity contribution is 5.77. The molecule has 1 aromatic heterocycles. The van der Waals surface area contributed by atoms with Crippen LogP contribution in [-0.2, 0) is 16.1 Å². The molecule has 3 aromatic rings. The molecule has 2 unspecified atom stereocenters. The van der Waals surface area contributed by atoms with Crippen LogP contribution in [0.3, 0.4) is 0 Å². The maximum absolute atomic E-state index is 12.8. The van der Waals surface area contributed by atoms with Gasteiger partial charge < -0.3 is 24.3 Å². The number of piperidine rings is 1. The lowest BCUT2D eigenvalue weighted by Crippen LogP contribution is -2.44. The molecule has 8 nitrogen and oxygen atoms in total. The first-order chi connectivity index (χ1) is 16.7. The zero-order valence-corrected chi connectivity index (χ0v) is 20.9. The average molecular weight is 479 g/mol. The number of alkyl carbamates (subject to hydrolysis) is 1. The number of likely N-dealkylation sites (tertiary alicyclic amines) is 1. The lowest BCUT2D eigenvalue weighted by Gasteiger charge is -2.35. The van der Waals surface area contributed by atoms with E-state index in [1.807, 2.05) is 82.3 Å². The van der Waals surface area contributed by atoms with Gasteiger partial charge in [-0.25, -0.2) is 14.6 Å². The van der Waals surface area contributed by atoms with E-state index in [9.17, 15) is 9.59 Å². The van der Waals surface area contributed by atoms with Crippen molar-refractivity contribution in [3.05, 3.63) is 66.0 Å². The molecule has 2 atom stereocenters. The van der Waals surface area contributed by atoms with E-state index < -0.39 is 11.7 Å². The molecule has 4 rings (SSSR count). The van der Waals surface area contributed by atoms with Gasteiger partial charge in [0.15, 0.2) is 0 Å². The van der Waals surface area contributed by atoms with Gasteiger partial charge in [0.2, 0.25) is 0 Å². The van der Waals surface area contributed by atoms with Crippen molar-refractivity contribution in [2.75, 3.05) is 13.1 Å². The molecule has 0 spiro atoms. The topological polar surface area (TPSA) is 85.7 Å². The molecular formula is C27H34N4O4. The van der Waals surface area contributed by atoms with Crippen LogP contribution in [-0.4, -0.2) is 45.3 Å². The molecule has 1 saturated heterocycles. The number of rotatable bonds is 5. The van der Waals surface area contributed by atoms with Crippen LogP contribution in [0.4, 0.5) is 9.59 Å². The van der Waals surface area contributed by atoms with Crippen LogP contribution < -0.4 is 5.32 Å². The summed E-state index contributed by atoms with van der Waals surface area (Å²) in [5, 5.41) is 2.92. The Balaban J connectivity index is 1.52. The number of nitrogens with zero attached hydrogens (tertiary/aromatic N) is 3. The molecular weight excluding hydrogens is 444 g/mol. The van der Waals surface area contributed by atoms with Crippen molar-refractivity contribution in [1.82, 2.24) is 19.8 Å². The zero-order chi connectivity index (χ0) is 25.0. The average Bonchev–Trinajstić information content (AvgIpc) is 3.22. The Morgan fingerprint density at radius 3 is 2.57 bits per heavy atom. The van der Waals surface area contributed by atoms with Crippen molar-refractivity contribution in [1.29, 1.82) is 0 Å². The number of carbonyl (C=O) groups excluding carboxylic acids is 2. The standard InChI is InChI=1S/C27H34N4O4/c1-19(28-25(32)34-18-20-11-6-5-7-12-20)24-29-22-14-8-9-15-23(22)31(24)21-13-10-16-30(17-21)26(33)35-27(2,3)4/h5-9,11-12,14-15,19,21H,10,13,16-18H2,1-4H3,(H,28,32). The minimum atomic E-state index is -0.546. The summed E-state index contributed by atoms with van der Waals surface area (Å²) in [7, 11) is 0. The van der Waals surface area contributed by atoms with Crippen LogP contribution in [0.15, 0.2) is 54.6 Å². The van der Waals surface area contributed by atoms with Crippen LogP contribution in [0.1, 0.15) is 64.0 Å². The Kier molecular flexibility index (Phi) is 7.28.